The van der Waals surface area contributed by atoms with E-state index >= 15 is 0 Å². The van der Waals surface area contributed by atoms with Crippen LogP contribution in [-0.4, -0.2) is 11.8 Å². The molecule has 4 heteroatoms. The first-order valence-corrected chi connectivity index (χ1v) is 9.01. The largest absolute Gasteiger partial charge is 0.460 e. The van der Waals surface area contributed by atoms with Crippen LogP contribution in [0.4, 0.5) is 0 Å². The van der Waals surface area contributed by atoms with Gasteiger partial charge in [0.05, 0.1) is 6.26 Å². The van der Waals surface area contributed by atoms with Crippen LogP contribution >= 0.6 is 0 Å². The van der Waals surface area contributed by atoms with Crippen molar-refractivity contribution in [2.45, 2.75) is 60.0 Å². The van der Waals surface area contributed by atoms with Gasteiger partial charge < -0.3 is 9.15 Å². The molecule has 0 fully saturated rings. The zero-order chi connectivity index (χ0) is 18.4. The van der Waals surface area contributed by atoms with Gasteiger partial charge in [-0.2, -0.15) is 0 Å². The van der Waals surface area contributed by atoms with Crippen molar-refractivity contribution in [3.05, 3.63) is 46.4 Å². The number of carbonyl (C=O) groups excluding carboxylic acids is 2. The number of fused-ring (bicyclic) bond motifs is 2. The standard InChI is InChI=1S/C21H26O4/c1-6-12(2)10-16(22)25-20-17-13(3)11-24-19(17)18(23)15-9-7-8-14(4)21(15,20)5/h9-11,14,20H,6-8H2,1-5H3/t14-,20-,21-/m1/s1. The molecule has 0 N–H and O–H groups in total. The Morgan fingerprint density at radius 3 is 2.88 bits per heavy atom. The Balaban J connectivity index is 2.12. The molecule has 134 valence electrons. The third kappa shape index (κ3) is 2.68. The van der Waals surface area contributed by atoms with E-state index in [4.69, 9.17) is 9.15 Å². The van der Waals surface area contributed by atoms with Crippen LogP contribution in [0.25, 0.3) is 0 Å². The van der Waals surface area contributed by atoms with Gasteiger partial charge in [-0.3, -0.25) is 4.79 Å². The monoisotopic (exact) mass is 342 g/mol. The number of Topliss-reactive ketones (excluding diaryl/α,β-unsaturated/α-hetero) is 1. The minimum atomic E-state index is -0.527. The summed E-state index contributed by atoms with van der Waals surface area (Å²) in [5.41, 5.74) is 2.76. The molecule has 3 rings (SSSR count). The Morgan fingerprint density at radius 2 is 2.20 bits per heavy atom. The van der Waals surface area contributed by atoms with E-state index in [9.17, 15) is 9.59 Å². The van der Waals surface area contributed by atoms with E-state index in [1.54, 1.807) is 12.3 Å². The van der Waals surface area contributed by atoms with E-state index < -0.39 is 11.5 Å². The molecule has 2 aliphatic rings. The van der Waals surface area contributed by atoms with E-state index in [1.807, 2.05) is 33.8 Å². The quantitative estimate of drug-likeness (QED) is 0.567. The molecule has 0 spiro atoms. The number of carbonyl (C=O) groups is 2. The molecule has 3 atom stereocenters. The molecule has 0 unspecified atom stereocenters. The highest BCUT2D eigenvalue weighted by Gasteiger charge is 2.55. The van der Waals surface area contributed by atoms with Gasteiger partial charge >= 0.3 is 5.97 Å². The lowest BCUT2D eigenvalue weighted by Crippen LogP contribution is -2.44. The second kappa shape index (κ2) is 6.32. The molecule has 25 heavy (non-hydrogen) atoms. The number of esters is 1. The normalized spacial score (nSPS) is 28.9. The molecule has 0 bridgehead atoms. The van der Waals surface area contributed by atoms with Crippen molar-refractivity contribution in [1.82, 2.24) is 0 Å². The average molecular weight is 342 g/mol. The van der Waals surface area contributed by atoms with Crippen molar-refractivity contribution >= 4 is 11.8 Å². The van der Waals surface area contributed by atoms with E-state index in [0.29, 0.717) is 5.76 Å². The SMILES string of the molecule is CCC(C)=CC(=O)O[C@@H]1c2c(C)coc2C(=O)C2=CCC[C@@H](C)[C@]21C. The van der Waals surface area contributed by atoms with Crippen molar-refractivity contribution < 1.29 is 18.7 Å². The lowest BCUT2D eigenvalue weighted by Gasteiger charge is -2.47. The summed E-state index contributed by atoms with van der Waals surface area (Å²) >= 11 is 0. The van der Waals surface area contributed by atoms with Gasteiger partial charge in [0.25, 0.3) is 0 Å². The van der Waals surface area contributed by atoms with E-state index in [-0.39, 0.29) is 17.7 Å². The number of ether oxygens (including phenoxy) is 1. The minimum absolute atomic E-state index is 0.0651. The summed E-state index contributed by atoms with van der Waals surface area (Å²) in [5, 5.41) is 0. The van der Waals surface area contributed by atoms with Crippen LogP contribution in [0.1, 0.15) is 74.7 Å². The van der Waals surface area contributed by atoms with Crippen LogP contribution in [0, 0.1) is 18.3 Å². The number of furan rings is 1. The molecule has 1 heterocycles. The molecule has 0 aromatic carbocycles. The van der Waals surface area contributed by atoms with Crippen LogP contribution in [-0.2, 0) is 9.53 Å². The smallest absolute Gasteiger partial charge is 0.331 e. The van der Waals surface area contributed by atoms with Crippen molar-refractivity contribution in [3.63, 3.8) is 0 Å². The first-order chi connectivity index (χ1) is 11.8. The van der Waals surface area contributed by atoms with Crippen molar-refractivity contribution in [1.29, 1.82) is 0 Å². The lowest BCUT2D eigenvalue weighted by atomic mass is 9.58. The summed E-state index contributed by atoms with van der Waals surface area (Å²) in [6.07, 6.45) is 7.26. The summed E-state index contributed by atoms with van der Waals surface area (Å²) < 4.78 is 11.5. The third-order valence-corrected chi connectivity index (χ3v) is 5.99. The van der Waals surface area contributed by atoms with Gasteiger partial charge in [-0.05, 0) is 44.6 Å². The summed E-state index contributed by atoms with van der Waals surface area (Å²) in [4.78, 5) is 25.5. The summed E-state index contributed by atoms with van der Waals surface area (Å²) in [6.45, 7) is 9.99. The van der Waals surface area contributed by atoms with Gasteiger partial charge in [0, 0.05) is 22.6 Å². The van der Waals surface area contributed by atoms with Gasteiger partial charge in [-0.25, -0.2) is 4.79 Å². The van der Waals surface area contributed by atoms with Gasteiger partial charge in [0.2, 0.25) is 5.78 Å². The molecule has 0 amide bonds. The number of hydrogen-bond donors (Lipinski definition) is 0. The number of hydrogen-bond acceptors (Lipinski definition) is 4. The maximum Gasteiger partial charge on any atom is 0.331 e. The molecular formula is C21H26O4. The van der Waals surface area contributed by atoms with E-state index in [1.165, 1.54) is 0 Å². The third-order valence-electron chi connectivity index (χ3n) is 5.99. The maximum atomic E-state index is 13.0. The minimum Gasteiger partial charge on any atom is -0.460 e. The molecule has 0 aliphatic heterocycles. The second-order valence-corrected chi connectivity index (χ2v) is 7.53. The predicted octanol–water partition coefficient (Wildman–Crippen LogP) is 5.09. The van der Waals surface area contributed by atoms with Crippen molar-refractivity contribution in [2.24, 2.45) is 11.3 Å². The van der Waals surface area contributed by atoms with Crippen molar-refractivity contribution in [3.8, 4) is 0 Å². The summed E-state index contributed by atoms with van der Waals surface area (Å²) in [7, 11) is 0. The maximum absolute atomic E-state index is 13.0. The number of aryl methyl sites for hydroxylation is 1. The molecule has 0 saturated carbocycles. The fourth-order valence-corrected chi connectivity index (χ4v) is 4.01. The Bertz CT molecular complexity index is 780. The van der Waals surface area contributed by atoms with Gasteiger partial charge in [0.15, 0.2) is 5.76 Å². The van der Waals surface area contributed by atoms with Crippen LogP contribution in [0.15, 0.2) is 34.0 Å². The molecule has 4 nitrogen and oxygen atoms in total. The molecule has 0 saturated heterocycles. The molecular weight excluding hydrogens is 316 g/mol. The fourth-order valence-electron chi connectivity index (χ4n) is 4.01. The van der Waals surface area contributed by atoms with Gasteiger partial charge in [-0.15, -0.1) is 0 Å². The molecule has 1 aromatic heterocycles. The molecule has 0 radical (unpaired) electrons. The zero-order valence-electron chi connectivity index (χ0n) is 15.6. The van der Waals surface area contributed by atoms with Gasteiger partial charge in [-0.1, -0.05) is 32.4 Å². The highest BCUT2D eigenvalue weighted by Crippen LogP contribution is 2.57. The van der Waals surface area contributed by atoms with Crippen molar-refractivity contribution in [2.75, 3.05) is 0 Å². The first kappa shape index (κ1) is 17.7. The Morgan fingerprint density at radius 1 is 1.48 bits per heavy atom. The number of ketones is 1. The number of allylic oxidation sites excluding steroid dienone is 2. The van der Waals surface area contributed by atoms with Crippen LogP contribution in [0.2, 0.25) is 0 Å². The summed E-state index contributed by atoms with van der Waals surface area (Å²) in [6, 6.07) is 0. The highest BCUT2D eigenvalue weighted by atomic mass is 16.5. The molecule has 2 aliphatic carbocycles. The average Bonchev–Trinajstić information content (AvgIpc) is 2.95. The zero-order valence-corrected chi connectivity index (χ0v) is 15.6. The van der Waals surface area contributed by atoms with E-state index in [2.05, 4.69) is 6.92 Å². The highest BCUT2D eigenvalue weighted by molar-refractivity contribution is 6.10. The first-order valence-electron chi connectivity index (χ1n) is 9.01. The lowest BCUT2D eigenvalue weighted by molar-refractivity contribution is -0.151. The summed E-state index contributed by atoms with van der Waals surface area (Å²) in [5.74, 6) is 0.130. The topological polar surface area (TPSA) is 56.5 Å². The molecule has 1 aromatic rings. The fraction of sp³-hybridized carbons (Fsp3) is 0.524. The predicted molar refractivity (Wildman–Crippen MR) is 95.2 cm³/mol. The number of rotatable bonds is 3. The second-order valence-electron chi connectivity index (χ2n) is 7.53. The van der Waals surface area contributed by atoms with Crippen LogP contribution in [0.3, 0.4) is 0 Å². The Labute approximate surface area is 148 Å². The van der Waals surface area contributed by atoms with E-state index in [0.717, 1.165) is 41.5 Å². The van der Waals surface area contributed by atoms with Gasteiger partial charge in [0.1, 0.15) is 6.10 Å². The Kier molecular flexibility index (Phi) is 4.48. The Hall–Kier alpha value is -2.10. The van der Waals surface area contributed by atoms with Crippen LogP contribution in [0.5, 0.6) is 0 Å². The van der Waals surface area contributed by atoms with Crippen LogP contribution < -0.4 is 0 Å².